The van der Waals surface area contributed by atoms with Crippen molar-refractivity contribution in [3.05, 3.63) is 60.9 Å². The van der Waals surface area contributed by atoms with Gasteiger partial charge in [-0.3, -0.25) is 0 Å². The van der Waals surface area contributed by atoms with E-state index in [1.807, 2.05) is 59.5 Å². The van der Waals surface area contributed by atoms with E-state index in [-0.39, 0.29) is 6.23 Å². The van der Waals surface area contributed by atoms with Crippen LogP contribution in [0, 0.1) is 0 Å². The molecule has 0 aliphatic carbocycles. The van der Waals surface area contributed by atoms with E-state index in [1.54, 1.807) is 6.07 Å². The second kappa shape index (κ2) is 8.00. The lowest BCUT2D eigenvalue weighted by molar-refractivity contribution is -0.0394. The predicted molar refractivity (Wildman–Crippen MR) is 114 cm³/mol. The highest BCUT2D eigenvalue weighted by Crippen LogP contribution is 2.27. The molecule has 0 spiro atoms. The van der Waals surface area contributed by atoms with Crippen molar-refractivity contribution >= 4 is 17.4 Å². The number of hydrogen-bond donors (Lipinski definition) is 2. The number of anilines is 3. The Balaban J connectivity index is 1.27. The zero-order chi connectivity index (χ0) is 20.3. The summed E-state index contributed by atoms with van der Waals surface area (Å²) in [5.74, 6) is 0.416. The maximum Gasteiger partial charge on any atom is 0.320 e. The molecule has 8 nitrogen and oxygen atoms in total. The number of nitrogens with two attached hydrogens (primary N) is 1. The maximum absolute atomic E-state index is 5.81. The third kappa shape index (κ3) is 3.90. The molecule has 0 amide bonds. The molecule has 8 heteroatoms. The summed E-state index contributed by atoms with van der Waals surface area (Å²) in [4.78, 5) is 0. The molecule has 0 saturated carbocycles. The second-order valence-corrected chi connectivity index (χ2v) is 7.27. The number of hydrogen-bond acceptors (Lipinski definition) is 7. The fraction of sp³-hybridized carbons (Fsp3) is 0.227. The molecule has 152 valence electrons. The van der Waals surface area contributed by atoms with Crippen LogP contribution >= 0.6 is 0 Å². The van der Waals surface area contributed by atoms with Gasteiger partial charge >= 0.3 is 6.01 Å². The van der Waals surface area contributed by atoms with Crippen LogP contribution in [-0.4, -0.2) is 26.6 Å². The van der Waals surface area contributed by atoms with Gasteiger partial charge in [-0.25, -0.2) is 4.68 Å². The summed E-state index contributed by atoms with van der Waals surface area (Å²) in [5.41, 5.74) is 10.2. The van der Waals surface area contributed by atoms with Crippen LogP contribution < -0.4 is 11.1 Å². The zero-order valence-electron chi connectivity index (χ0n) is 16.4. The van der Waals surface area contributed by atoms with Crippen molar-refractivity contribution in [3.8, 4) is 22.6 Å². The van der Waals surface area contributed by atoms with Crippen molar-refractivity contribution in [2.45, 2.75) is 25.5 Å². The normalized spacial score (nSPS) is 16.5. The first-order valence-electron chi connectivity index (χ1n) is 9.97. The van der Waals surface area contributed by atoms with Crippen molar-refractivity contribution in [2.24, 2.45) is 0 Å². The average molecular weight is 402 g/mol. The Bertz CT molecular complexity index is 1130. The fourth-order valence-corrected chi connectivity index (χ4v) is 3.51. The summed E-state index contributed by atoms with van der Waals surface area (Å²) in [6.07, 6.45) is 7.26. The van der Waals surface area contributed by atoms with Gasteiger partial charge in [-0.2, -0.15) is 5.10 Å². The largest absolute Gasteiger partial charge is 0.403 e. The van der Waals surface area contributed by atoms with E-state index in [4.69, 9.17) is 14.9 Å². The first kappa shape index (κ1) is 18.4. The van der Waals surface area contributed by atoms with E-state index in [9.17, 15) is 0 Å². The number of rotatable bonds is 5. The van der Waals surface area contributed by atoms with Gasteiger partial charge in [0.25, 0.3) is 0 Å². The Labute approximate surface area is 173 Å². The number of aromatic nitrogens is 4. The Kier molecular flexibility index (Phi) is 4.90. The molecule has 1 unspecified atom stereocenters. The van der Waals surface area contributed by atoms with Crippen LogP contribution in [0.3, 0.4) is 0 Å². The topological polar surface area (TPSA) is 104 Å². The van der Waals surface area contributed by atoms with Gasteiger partial charge < -0.3 is 20.2 Å². The molecule has 0 bridgehead atoms. The minimum Gasteiger partial charge on any atom is -0.403 e. The van der Waals surface area contributed by atoms with E-state index in [0.717, 1.165) is 41.8 Å². The lowest BCUT2D eigenvalue weighted by Gasteiger charge is -2.22. The molecule has 3 N–H and O–H groups in total. The van der Waals surface area contributed by atoms with E-state index in [2.05, 4.69) is 20.6 Å². The fourth-order valence-electron chi connectivity index (χ4n) is 3.51. The molecule has 1 atom stereocenters. The molecular formula is C22H22N6O2. The van der Waals surface area contributed by atoms with Crippen molar-refractivity contribution in [1.82, 2.24) is 20.0 Å². The van der Waals surface area contributed by atoms with Crippen LogP contribution in [0.2, 0.25) is 0 Å². The summed E-state index contributed by atoms with van der Waals surface area (Å²) in [6, 6.07) is 15.6. The van der Waals surface area contributed by atoms with Crippen LogP contribution in [0.1, 0.15) is 25.5 Å². The minimum atomic E-state index is 0.0418. The van der Waals surface area contributed by atoms with E-state index >= 15 is 0 Å². The van der Waals surface area contributed by atoms with Gasteiger partial charge in [0.15, 0.2) is 0 Å². The first-order chi connectivity index (χ1) is 14.7. The SMILES string of the molecule is Nc1cccc(-c2nnc(Nc3ccc(-c4cnn(C5CCCCO5)c4)cc3)o2)c1. The van der Waals surface area contributed by atoms with Gasteiger partial charge in [-0.15, -0.1) is 5.10 Å². The Morgan fingerprint density at radius 2 is 1.90 bits per heavy atom. The number of nitrogen functional groups attached to an aromatic ring is 1. The monoisotopic (exact) mass is 402 g/mol. The summed E-state index contributed by atoms with van der Waals surface area (Å²) in [6.45, 7) is 0.801. The highest BCUT2D eigenvalue weighted by Gasteiger charge is 2.17. The molecule has 5 rings (SSSR count). The smallest absolute Gasteiger partial charge is 0.320 e. The number of nitrogens with zero attached hydrogens (tertiary/aromatic N) is 4. The Hall–Kier alpha value is -3.65. The Morgan fingerprint density at radius 1 is 1.00 bits per heavy atom. The first-order valence-corrected chi connectivity index (χ1v) is 9.97. The maximum atomic E-state index is 5.81. The highest BCUT2D eigenvalue weighted by molar-refractivity contribution is 5.66. The molecule has 1 saturated heterocycles. The lowest BCUT2D eigenvalue weighted by Crippen LogP contribution is -2.18. The van der Waals surface area contributed by atoms with Gasteiger partial charge in [0.1, 0.15) is 6.23 Å². The molecule has 1 aliphatic rings. The van der Waals surface area contributed by atoms with Crippen molar-refractivity contribution in [3.63, 3.8) is 0 Å². The number of benzene rings is 2. The summed E-state index contributed by atoms with van der Waals surface area (Å²) >= 11 is 0. The van der Waals surface area contributed by atoms with Crippen molar-refractivity contribution in [2.75, 3.05) is 17.7 Å². The van der Waals surface area contributed by atoms with Crippen LogP contribution in [0.4, 0.5) is 17.4 Å². The van der Waals surface area contributed by atoms with Crippen LogP contribution in [0.25, 0.3) is 22.6 Å². The number of ether oxygens (including phenoxy) is 1. The average Bonchev–Trinajstić information content (AvgIpc) is 3.45. The van der Waals surface area contributed by atoms with Crippen LogP contribution in [-0.2, 0) is 4.74 Å². The molecule has 2 aromatic heterocycles. The quantitative estimate of drug-likeness (QED) is 0.469. The van der Waals surface area contributed by atoms with Crippen molar-refractivity contribution in [1.29, 1.82) is 0 Å². The molecule has 2 aromatic carbocycles. The van der Waals surface area contributed by atoms with Gasteiger partial charge in [-0.05, 0) is 55.2 Å². The van der Waals surface area contributed by atoms with E-state index < -0.39 is 0 Å². The van der Waals surface area contributed by atoms with Gasteiger partial charge in [0.2, 0.25) is 5.89 Å². The molecule has 1 fully saturated rings. The van der Waals surface area contributed by atoms with Crippen LogP contribution in [0.5, 0.6) is 0 Å². The Morgan fingerprint density at radius 3 is 2.70 bits per heavy atom. The summed E-state index contributed by atoms with van der Waals surface area (Å²) < 4.78 is 13.4. The minimum absolute atomic E-state index is 0.0418. The molecule has 3 heterocycles. The van der Waals surface area contributed by atoms with Crippen molar-refractivity contribution < 1.29 is 9.15 Å². The summed E-state index contributed by atoms with van der Waals surface area (Å²) in [7, 11) is 0. The standard InChI is InChI=1S/C22H22N6O2/c23-18-5-3-4-16(12-18)21-26-27-22(30-21)25-19-9-7-15(8-10-19)17-13-24-28(14-17)20-6-1-2-11-29-20/h3-5,7-10,12-14,20H,1-2,6,11,23H2,(H,25,27). The molecule has 1 aliphatic heterocycles. The highest BCUT2D eigenvalue weighted by atomic mass is 16.5. The molecular weight excluding hydrogens is 380 g/mol. The molecule has 0 radical (unpaired) electrons. The molecule has 30 heavy (non-hydrogen) atoms. The summed E-state index contributed by atoms with van der Waals surface area (Å²) in [5, 5.41) is 15.7. The molecule has 4 aromatic rings. The third-order valence-corrected chi connectivity index (χ3v) is 5.08. The zero-order valence-corrected chi connectivity index (χ0v) is 16.4. The van der Waals surface area contributed by atoms with E-state index in [0.29, 0.717) is 17.6 Å². The van der Waals surface area contributed by atoms with Gasteiger partial charge in [0, 0.05) is 35.3 Å². The second-order valence-electron chi connectivity index (χ2n) is 7.27. The lowest BCUT2D eigenvalue weighted by atomic mass is 10.1. The van der Waals surface area contributed by atoms with Gasteiger partial charge in [0.05, 0.1) is 6.20 Å². The van der Waals surface area contributed by atoms with E-state index in [1.165, 1.54) is 6.42 Å². The van der Waals surface area contributed by atoms with Crippen LogP contribution in [0.15, 0.2) is 65.3 Å². The third-order valence-electron chi connectivity index (χ3n) is 5.08. The number of nitrogens with one attached hydrogen (secondary N) is 1. The predicted octanol–water partition coefficient (Wildman–Crippen LogP) is 4.63. The van der Waals surface area contributed by atoms with Gasteiger partial charge in [-0.1, -0.05) is 23.3 Å².